The fourth-order valence-corrected chi connectivity index (χ4v) is 4.50. The van der Waals surface area contributed by atoms with Crippen LogP contribution in [0.4, 0.5) is 0 Å². The van der Waals surface area contributed by atoms with Gasteiger partial charge >= 0.3 is 0 Å². The van der Waals surface area contributed by atoms with Crippen LogP contribution < -0.4 is 0 Å². The van der Waals surface area contributed by atoms with Crippen molar-refractivity contribution in [1.29, 1.82) is 0 Å². The first-order valence-electron chi connectivity index (χ1n) is 10.7. The number of carbonyl (C=O) groups is 1. The van der Waals surface area contributed by atoms with E-state index in [-0.39, 0.29) is 11.3 Å². The molecule has 3 aromatic heterocycles. The monoisotopic (exact) mass is 406 g/mol. The lowest BCUT2D eigenvalue weighted by Crippen LogP contribution is -2.49. The Morgan fingerprint density at radius 3 is 2.87 bits per heavy atom. The van der Waals surface area contributed by atoms with Crippen LogP contribution in [0.2, 0.25) is 0 Å². The van der Waals surface area contributed by atoms with Gasteiger partial charge in [-0.15, -0.1) is 0 Å². The Morgan fingerprint density at radius 2 is 2.13 bits per heavy atom. The molecule has 0 spiro atoms. The van der Waals surface area contributed by atoms with Gasteiger partial charge in [0.1, 0.15) is 0 Å². The van der Waals surface area contributed by atoms with Gasteiger partial charge in [0.05, 0.1) is 17.2 Å². The topological polar surface area (TPSA) is 89.9 Å². The van der Waals surface area contributed by atoms with Crippen LogP contribution in [0.25, 0.3) is 11.5 Å². The fraction of sp³-hybridized carbons (Fsp3) is 0.500. The molecule has 1 unspecified atom stereocenters. The van der Waals surface area contributed by atoms with E-state index < -0.39 is 0 Å². The summed E-state index contributed by atoms with van der Waals surface area (Å²) in [5.74, 6) is 1.96. The highest BCUT2D eigenvalue weighted by Crippen LogP contribution is 2.46. The number of amides is 1. The third-order valence-corrected chi connectivity index (χ3v) is 6.27. The molecule has 1 aliphatic carbocycles. The van der Waals surface area contributed by atoms with Gasteiger partial charge < -0.3 is 9.42 Å². The summed E-state index contributed by atoms with van der Waals surface area (Å²) < 4.78 is 7.41. The molecule has 0 N–H and O–H groups in total. The minimum absolute atomic E-state index is 0.0347. The van der Waals surface area contributed by atoms with Crippen molar-refractivity contribution in [2.75, 3.05) is 13.1 Å². The van der Waals surface area contributed by atoms with E-state index in [9.17, 15) is 4.79 Å². The molecule has 8 nitrogen and oxygen atoms in total. The molecular weight excluding hydrogens is 380 g/mol. The third kappa shape index (κ3) is 3.62. The van der Waals surface area contributed by atoms with Crippen molar-refractivity contribution in [2.45, 2.75) is 51.0 Å². The van der Waals surface area contributed by atoms with Crippen molar-refractivity contribution in [3.8, 4) is 11.5 Å². The van der Waals surface area contributed by atoms with Gasteiger partial charge in [-0.1, -0.05) is 18.0 Å². The number of pyridine rings is 1. The maximum absolute atomic E-state index is 13.2. The Hall–Kier alpha value is -3.03. The van der Waals surface area contributed by atoms with Gasteiger partial charge in [-0.05, 0) is 44.2 Å². The van der Waals surface area contributed by atoms with Crippen LogP contribution in [0, 0.1) is 5.92 Å². The van der Waals surface area contributed by atoms with Gasteiger partial charge in [0.15, 0.2) is 5.82 Å². The van der Waals surface area contributed by atoms with Gasteiger partial charge in [-0.2, -0.15) is 10.1 Å². The molecule has 5 rings (SSSR count). The second-order valence-corrected chi connectivity index (χ2v) is 8.50. The highest BCUT2D eigenvalue weighted by molar-refractivity contribution is 5.93. The maximum atomic E-state index is 13.2. The van der Waals surface area contributed by atoms with Crippen molar-refractivity contribution in [1.82, 2.24) is 29.8 Å². The van der Waals surface area contributed by atoms with E-state index in [1.807, 2.05) is 30.2 Å². The Labute approximate surface area is 175 Å². The molecule has 0 radical (unpaired) electrons. The summed E-state index contributed by atoms with van der Waals surface area (Å²) in [6, 6.07) is 3.74. The van der Waals surface area contributed by atoms with Crippen molar-refractivity contribution in [3.05, 3.63) is 48.3 Å². The molecular formula is C22H26N6O2. The predicted octanol–water partition coefficient (Wildman–Crippen LogP) is 3.32. The fourth-order valence-electron chi connectivity index (χ4n) is 4.50. The lowest BCUT2D eigenvalue weighted by Gasteiger charge is -2.41. The van der Waals surface area contributed by atoms with Gasteiger partial charge in [-0.25, -0.2) is 0 Å². The molecule has 1 saturated heterocycles. The average molecular weight is 406 g/mol. The molecule has 30 heavy (non-hydrogen) atoms. The van der Waals surface area contributed by atoms with E-state index >= 15 is 0 Å². The van der Waals surface area contributed by atoms with Crippen LogP contribution in [-0.2, 0) is 12.0 Å². The molecule has 1 amide bonds. The van der Waals surface area contributed by atoms with E-state index in [0.29, 0.717) is 23.9 Å². The smallest absolute Gasteiger partial charge is 0.258 e. The third-order valence-electron chi connectivity index (χ3n) is 6.27. The highest BCUT2D eigenvalue weighted by Gasteiger charge is 2.46. The van der Waals surface area contributed by atoms with E-state index in [1.54, 1.807) is 23.3 Å². The van der Waals surface area contributed by atoms with E-state index in [1.165, 1.54) is 12.8 Å². The first kappa shape index (κ1) is 19.0. The molecule has 2 aliphatic rings. The van der Waals surface area contributed by atoms with Crippen molar-refractivity contribution >= 4 is 5.91 Å². The Balaban J connectivity index is 1.43. The van der Waals surface area contributed by atoms with Crippen LogP contribution >= 0.6 is 0 Å². The number of likely N-dealkylation sites (tertiary alicyclic amines) is 1. The van der Waals surface area contributed by atoms with E-state index in [4.69, 9.17) is 9.51 Å². The molecule has 156 valence electrons. The molecule has 0 aromatic carbocycles. The standard InChI is InChI=1S/C22H26N6O2/c1-2-28-14-18(13-24-28)20(29)27-11-3-8-22(15-27,12-16-4-5-16)21-25-19(30-26-21)17-6-9-23-10-7-17/h6-7,9-10,13-14,16H,2-5,8,11-12,15H2,1H3. The first-order chi connectivity index (χ1) is 14.7. The van der Waals surface area contributed by atoms with Crippen LogP contribution in [0.5, 0.6) is 0 Å². The summed E-state index contributed by atoms with van der Waals surface area (Å²) in [6.45, 7) is 4.13. The normalized spacial score (nSPS) is 21.7. The predicted molar refractivity (Wildman–Crippen MR) is 110 cm³/mol. The zero-order valence-corrected chi connectivity index (χ0v) is 17.2. The quantitative estimate of drug-likeness (QED) is 0.624. The number of hydrogen-bond donors (Lipinski definition) is 0. The lowest BCUT2D eigenvalue weighted by molar-refractivity contribution is 0.0607. The lowest BCUT2D eigenvalue weighted by atomic mass is 9.74. The first-order valence-corrected chi connectivity index (χ1v) is 10.7. The number of rotatable bonds is 6. The summed E-state index contributed by atoms with van der Waals surface area (Å²) in [6.07, 6.45) is 12.3. The SMILES string of the molecule is CCn1cc(C(=O)N2CCCC(CC3CC3)(c3noc(-c4ccncc4)n3)C2)cn1. The minimum atomic E-state index is -0.259. The molecule has 0 bridgehead atoms. The van der Waals surface area contributed by atoms with Crippen LogP contribution in [0.15, 0.2) is 41.4 Å². The van der Waals surface area contributed by atoms with Gasteiger partial charge in [0.2, 0.25) is 0 Å². The Bertz CT molecular complexity index is 1030. The summed E-state index contributed by atoms with van der Waals surface area (Å²) in [7, 11) is 0. The van der Waals surface area contributed by atoms with Gasteiger partial charge in [0, 0.05) is 43.8 Å². The molecule has 1 atom stereocenters. The van der Waals surface area contributed by atoms with Crippen molar-refractivity contribution in [3.63, 3.8) is 0 Å². The molecule has 1 saturated carbocycles. The molecule has 2 fully saturated rings. The zero-order valence-electron chi connectivity index (χ0n) is 17.2. The van der Waals surface area contributed by atoms with E-state index in [0.717, 1.165) is 43.7 Å². The second kappa shape index (κ2) is 7.66. The second-order valence-electron chi connectivity index (χ2n) is 8.50. The zero-order chi connectivity index (χ0) is 20.6. The summed E-state index contributed by atoms with van der Waals surface area (Å²) >= 11 is 0. The summed E-state index contributed by atoms with van der Waals surface area (Å²) in [5, 5.41) is 8.66. The maximum Gasteiger partial charge on any atom is 0.258 e. The number of nitrogens with zero attached hydrogens (tertiary/aromatic N) is 6. The van der Waals surface area contributed by atoms with Gasteiger partial charge in [-0.3, -0.25) is 14.5 Å². The van der Waals surface area contributed by atoms with Crippen molar-refractivity contribution < 1.29 is 9.32 Å². The van der Waals surface area contributed by atoms with Gasteiger partial charge in [0.25, 0.3) is 11.8 Å². The summed E-state index contributed by atoms with van der Waals surface area (Å²) in [5.41, 5.74) is 1.25. The van der Waals surface area contributed by atoms with Crippen LogP contribution in [-0.4, -0.2) is 48.8 Å². The van der Waals surface area contributed by atoms with Crippen molar-refractivity contribution in [2.24, 2.45) is 5.92 Å². The molecule has 1 aliphatic heterocycles. The average Bonchev–Trinajstić information content (AvgIpc) is 3.27. The molecule has 8 heteroatoms. The number of piperidine rings is 1. The van der Waals surface area contributed by atoms with Crippen LogP contribution in [0.1, 0.15) is 55.2 Å². The van der Waals surface area contributed by atoms with E-state index in [2.05, 4.69) is 15.2 Å². The summed E-state index contributed by atoms with van der Waals surface area (Å²) in [4.78, 5) is 24.0. The van der Waals surface area contributed by atoms with Crippen LogP contribution in [0.3, 0.4) is 0 Å². The number of carbonyl (C=O) groups excluding carboxylic acids is 1. The largest absolute Gasteiger partial charge is 0.338 e. The Morgan fingerprint density at radius 1 is 1.30 bits per heavy atom. The number of aromatic nitrogens is 5. The molecule has 4 heterocycles. The number of hydrogen-bond acceptors (Lipinski definition) is 6. The number of aryl methyl sites for hydroxylation is 1. The highest BCUT2D eigenvalue weighted by atomic mass is 16.5. The minimum Gasteiger partial charge on any atom is -0.338 e. The molecule has 3 aromatic rings. The Kier molecular flexibility index (Phi) is 4.84.